The van der Waals surface area contributed by atoms with Gasteiger partial charge in [0.2, 0.25) is 11.8 Å². The molecule has 1 saturated heterocycles. The van der Waals surface area contributed by atoms with Gasteiger partial charge in [-0.05, 0) is 25.0 Å². The molecule has 0 aromatic heterocycles. The number of piperazine rings is 1. The second-order valence-electron chi connectivity index (χ2n) is 6.65. The molecule has 1 fully saturated rings. The fourth-order valence-corrected chi connectivity index (χ4v) is 3.17. The zero-order valence-electron chi connectivity index (χ0n) is 15.6. The van der Waals surface area contributed by atoms with E-state index in [0.29, 0.717) is 18.1 Å². The third-order valence-corrected chi connectivity index (χ3v) is 5.05. The quantitative estimate of drug-likeness (QED) is 0.717. The molecule has 0 radical (unpaired) electrons. The third kappa shape index (κ3) is 6.27. The first-order chi connectivity index (χ1) is 12.5. The largest absolute Gasteiger partial charge is 0.355 e. The number of benzene rings is 1. The molecule has 0 bridgehead atoms. The molecule has 7 heteroatoms. The normalized spacial score (nSPS) is 16.9. The summed E-state index contributed by atoms with van der Waals surface area (Å²) in [5, 5.41) is 6.52. The van der Waals surface area contributed by atoms with Crippen LogP contribution in [0.25, 0.3) is 0 Å². The van der Waals surface area contributed by atoms with Crippen molar-refractivity contribution in [1.29, 1.82) is 0 Å². The van der Waals surface area contributed by atoms with E-state index in [1.807, 2.05) is 38.1 Å². The fourth-order valence-electron chi connectivity index (χ4n) is 2.97. The molecule has 1 unspecified atom stereocenters. The van der Waals surface area contributed by atoms with Gasteiger partial charge in [-0.2, -0.15) is 0 Å². The Hall–Kier alpha value is -1.63. The van der Waals surface area contributed by atoms with E-state index in [1.54, 1.807) is 0 Å². The monoisotopic (exact) mass is 380 g/mol. The predicted molar refractivity (Wildman–Crippen MR) is 104 cm³/mol. The number of carbonyl (C=O) groups is 2. The average molecular weight is 381 g/mol. The van der Waals surface area contributed by atoms with Gasteiger partial charge < -0.3 is 10.6 Å². The summed E-state index contributed by atoms with van der Waals surface area (Å²) in [6.45, 7) is 8.69. The summed E-state index contributed by atoms with van der Waals surface area (Å²) in [6.07, 6.45) is 0.945. The molecule has 6 nitrogen and oxygen atoms in total. The maximum absolute atomic E-state index is 12.4. The molecule has 0 spiro atoms. The summed E-state index contributed by atoms with van der Waals surface area (Å²) in [4.78, 5) is 28.5. The molecule has 144 valence electrons. The van der Waals surface area contributed by atoms with E-state index < -0.39 is 0 Å². The second kappa shape index (κ2) is 10.5. The third-order valence-electron chi connectivity index (χ3n) is 4.68. The highest BCUT2D eigenvalue weighted by Crippen LogP contribution is 2.14. The summed E-state index contributed by atoms with van der Waals surface area (Å²) in [5.74, 6) is 0.0740. The molecule has 0 aliphatic carbocycles. The van der Waals surface area contributed by atoms with Crippen molar-refractivity contribution in [2.24, 2.45) is 0 Å². The molecule has 1 aromatic carbocycles. The second-order valence-corrected chi connectivity index (χ2v) is 7.05. The fraction of sp³-hybridized carbons (Fsp3) is 0.579. The lowest BCUT2D eigenvalue weighted by Gasteiger charge is -2.37. The number of hydrogen-bond donors (Lipinski definition) is 2. The Morgan fingerprint density at radius 2 is 1.85 bits per heavy atom. The summed E-state index contributed by atoms with van der Waals surface area (Å²) in [6, 6.07) is 7.32. The van der Waals surface area contributed by atoms with Gasteiger partial charge in [-0.15, -0.1) is 0 Å². The van der Waals surface area contributed by atoms with Gasteiger partial charge in [0, 0.05) is 44.3 Å². The van der Waals surface area contributed by atoms with Crippen LogP contribution in [0.1, 0.15) is 25.8 Å². The molecule has 0 saturated carbocycles. The maximum Gasteiger partial charge on any atom is 0.237 e. The minimum Gasteiger partial charge on any atom is -0.355 e. The first-order valence-electron chi connectivity index (χ1n) is 9.25. The van der Waals surface area contributed by atoms with Crippen molar-refractivity contribution in [2.45, 2.75) is 32.9 Å². The minimum absolute atomic E-state index is 0.000872. The topological polar surface area (TPSA) is 64.7 Å². The van der Waals surface area contributed by atoms with Crippen LogP contribution in [0.4, 0.5) is 0 Å². The molecule has 1 heterocycles. The number of carbonyl (C=O) groups excluding carboxylic acids is 2. The van der Waals surface area contributed by atoms with E-state index in [1.165, 1.54) is 0 Å². The molecule has 26 heavy (non-hydrogen) atoms. The molecule has 1 aromatic rings. The zero-order chi connectivity index (χ0) is 18.9. The van der Waals surface area contributed by atoms with Gasteiger partial charge in [0.05, 0.1) is 12.6 Å². The summed E-state index contributed by atoms with van der Waals surface area (Å²) >= 11 is 6.13. The van der Waals surface area contributed by atoms with Crippen LogP contribution in [0.3, 0.4) is 0 Å². The number of nitrogens with zero attached hydrogens (tertiary/aromatic N) is 2. The lowest BCUT2D eigenvalue weighted by atomic mass is 10.2. The van der Waals surface area contributed by atoms with E-state index >= 15 is 0 Å². The first-order valence-corrected chi connectivity index (χ1v) is 9.63. The molecule has 1 aliphatic rings. The van der Waals surface area contributed by atoms with Gasteiger partial charge in [-0.25, -0.2) is 0 Å². The number of halogens is 1. The van der Waals surface area contributed by atoms with Crippen LogP contribution >= 0.6 is 11.6 Å². The van der Waals surface area contributed by atoms with Crippen molar-refractivity contribution in [1.82, 2.24) is 20.4 Å². The number of nitrogens with one attached hydrogen (secondary N) is 2. The highest BCUT2D eigenvalue weighted by atomic mass is 35.5. The Labute approximate surface area is 160 Å². The van der Waals surface area contributed by atoms with Crippen molar-refractivity contribution in [2.75, 3.05) is 39.3 Å². The van der Waals surface area contributed by atoms with E-state index in [0.717, 1.165) is 44.7 Å². The van der Waals surface area contributed by atoms with Crippen LogP contribution in [0, 0.1) is 0 Å². The molecule has 1 atom stereocenters. The van der Waals surface area contributed by atoms with Crippen molar-refractivity contribution in [3.05, 3.63) is 34.9 Å². The summed E-state index contributed by atoms with van der Waals surface area (Å²) < 4.78 is 0. The SMILES string of the molecule is CCCNC(=O)CN1CCN(C(C)C(=O)NCc2ccccc2Cl)CC1. The van der Waals surface area contributed by atoms with Crippen LogP contribution in [-0.2, 0) is 16.1 Å². The van der Waals surface area contributed by atoms with Crippen LogP contribution in [0.5, 0.6) is 0 Å². The highest BCUT2D eigenvalue weighted by molar-refractivity contribution is 6.31. The van der Waals surface area contributed by atoms with Gasteiger partial charge in [0.1, 0.15) is 0 Å². The smallest absolute Gasteiger partial charge is 0.237 e. The van der Waals surface area contributed by atoms with Crippen molar-refractivity contribution in [3.63, 3.8) is 0 Å². The lowest BCUT2D eigenvalue weighted by molar-refractivity contribution is -0.128. The number of rotatable bonds is 8. The molecule has 2 rings (SSSR count). The Bertz CT molecular complexity index is 603. The maximum atomic E-state index is 12.4. The van der Waals surface area contributed by atoms with Gasteiger partial charge in [0.25, 0.3) is 0 Å². The zero-order valence-corrected chi connectivity index (χ0v) is 16.4. The van der Waals surface area contributed by atoms with Crippen molar-refractivity contribution >= 4 is 23.4 Å². The molecular weight excluding hydrogens is 352 g/mol. The lowest BCUT2D eigenvalue weighted by Crippen LogP contribution is -2.55. The highest BCUT2D eigenvalue weighted by Gasteiger charge is 2.26. The Kier molecular flexibility index (Phi) is 8.35. The van der Waals surface area contributed by atoms with Gasteiger partial charge in [0.15, 0.2) is 0 Å². The predicted octanol–water partition coefficient (Wildman–Crippen LogP) is 1.49. The van der Waals surface area contributed by atoms with Crippen LogP contribution in [0.2, 0.25) is 5.02 Å². The summed E-state index contributed by atoms with van der Waals surface area (Å²) in [5.41, 5.74) is 0.914. The van der Waals surface area contributed by atoms with E-state index in [9.17, 15) is 9.59 Å². The van der Waals surface area contributed by atoms with E-state index in [2.05, 4.69) is 20.4 Å². The van der Waals surface area contributed by atoms with Gasteiger partial charge >= 0.3 is 0 Å². The van der Waals surface area contributed by atoms with Crippen molar-refractivity contribution < 1.29 is 9.59 Å². The standard InChI is InChI=1S/C19H29ClN4O2/c1-3-8-21-18(25)14-23-9-11-24(12-10-23)15(2)19(26)22-13-16-6-4-5-7-17(16)20/h4-7,15H,3,8-14H2,1-2H3,(H,21,25)(H,22,26). The van der Waals surface area contributed by atoms with Gasteiger partial charge in [-0.3, -0.25) is 19.4 Å². The Balaban J connectivity index is 1.73. The molecule has 1 aliphatic heterocycles. The summed E-state index contributed by atoms with van der Waals surface area (Å²) in [7, 11) is 0. The van der Waals surface area contributed by atoms with Crippen LogP contribution in [-0.4, -0.2) is 66.9 Å². The van der Waals surface area contributed by atoms with Crippen LogP contribution < -0.4 is 10.6 Å². The van der Waals surface area contributed by atoms with Crippen molar-refractivity contribution in [3.8, 4) is 0 Å². The van der Waals surface area contributed by atoms with Crippen LogP contribution in [0.15, 0.2) is 24.3 Å². The first kappa shape index (κ1) is 20.7. The van der Waals surface area contributed by atoms with Gasteiger partial charge in [-0.1, -0.05) is 36.7 Å². The minimum atomic E-state index is -0.200. The Morgan fingerprint density at radius 3 is 2.50 bits per heavy atom. The van der Waals surface area contributed by atoms with E-state index in [-0.39, 0.29) is 17.9 Å². The molecule has 2 amide bonds. The number of hydrogen-bond acceptors (Lipinski definition) is 4. The molecule has 2 N–H and O–H groups in total. The average Bonchev–Trinajstić information content (AvgIpc) is 2.65. The Morgan fingerprint density at radius 1 is 1.15 bits per heavy atom. The molecular formula is C19H29ClN4O2. The van der Waals surface area contributed by atoms with E-state index in [4.69, 9.17) is 11.6 Å². The number of amides is 2.